The zero-order valence-corrected chi connectivity index (χ0v) is 34.5. The highest BCUT2D eigenvalue weighted by Gasteiger charge is 2.36. The molecule has 3 atom stereocenters. The summed E-state index contributed by atoms with van der Waals surface area (Å²) in [5, 5.41) is 0. The molecule has 0 bridgehead atoms. The van der Waals surface area contributed by atoms with Gasteiger partial charge >= 0.3 is 17.9 Å². The Balaban J connectivity index is 2.24. The van der Waals surface area contributed by atoms with Gasteiger partial charge in [0.15, 0.2) is 6.10 Å². The van der Waals surface area contributed by atoms with E-state index in [1.807, 2.05) is 0 Å². The molecule has 0 aromatic carbocycles. The van der Waals surface area contributed by atoms with Gasteiger partial charge in [-0.15, -0.1) is 0 Å². The molecule has 7 heteroatoms. The van der Waals surface area contributed by atoms with Crippen molar-refractivity contribution in [3.8, 4) is 0 Å². The summed E-state index contributed by atoms with van der Waals surface area (Å²) in [5.74, 6) is -0.884. The minimum absolute atomic E-state index is 0.0719. The van der Waals surface area contributed by atoms with Gasteiger partial charge in [-0.2, -0.15) is 0 Å². The third kappa shape index (κ3) is 31.9. The van der Waals surface area contributed by atoms with Gasteiger partial charge in [-0.25, -0.2) is 0 Å². The SMILES string of the molecule is CCCCCCCCCCCC(=O)OCC(COC(=O)CCCCCCCC1OC1CCCCCCCC)OC(=O)CCCCCCCCCCC. The highest BCUT2D eigenvalue weighted by Crippen LogP contribution is 2.32. The summed E-state index contributed by atoms with van der Waals surface area (Å²) >= 11 is 0. The molecule has 0 spiro atoms. The van der Waals surface area contributed by atoms with Crippen LogP contribution in [0.1, 0.15) is 239 Å². The maximum absolute atomic E-state index is 12.6. The van der Waals surface area contributed by atoms with Gasteiger partial charge in [-0.1, -0.05) is 188 Å². The third-order valence-electron chi connectivity index (χ3n) is 10.5. The molecule has 1 fully saturated rings. The molecule has 1 rings (SSSR count). The van der Waals surface area contributed by atoms with E-state index >= 15 is 0 Å². The summed E-state index contributed by atoms with van der Waals surface area (Å²) in [5.41, 5.74) is 0. The molecule has 306 valence electrons. The van der Waals surface area contributed by atoms with Crippen LogP contribution >= 0.6 is 0 Å². The average molecular weight is 737 g/mol. The van der Waals surface area contributed by atoms with Crippen molar-refractivity contribution in [2.24, 2.45) is 0 Å². The molecule has 0 aromatic heterocycles. The molecule has 1 heterocycles. The molecule has 0 N–H and O–H groups in total. The number of hydrogen-bond acceptors (Lipinski definition) is 7. The molecule has 0 aliphatic carbocycles. The molecule has 0 amide bonds. The number of epoxide rings is 1. The molecule has 1 saturated heterocycles. The predicted octanol–water partition coefficient (Wildman–Crippen LogP) is 13.1. The van der Waals surface area contributed by atoms with Crippen molar-refractivity contribution in [1.29, 1.82) is 0 Å². The summed E-state index contributed by atoms with van der Waals surface area (Å²) < 4.78 is 22.5. The van der Waals surface area contributed by atoms with Crippen LogP contribution in [0.5, 0.6) is 0 Å². The van der Waals surface area contributed by atoms with Crippen molar-refractivity contribution in [3.63, 3.8) is 0 Å². The van der Waals surface area contributed by atoms with Gasteiger partial charge in [0.05, 0.1) is 12.2 Å². The lowest BCUT2D eigenvalue weighted by Crippen LogP contribution is -2.30. The first-order valence-corrected chi connectivity index (χ1v) is 22.7. The van der Waals surface area contributed by atoms with Crippen LogP contribution in [0.3, 0.4) is 0 Å². The van der Waals surface area contributed by atoms with Crippen LogP contribution < -0.4 is 0 Å². The van der Waals surface area contributed by atoms with Gasteiger partial charge in [-0.3, -0.25) is 14.4 Å². The van der Waals surface area contributed by atoms with Crippen LogP contribution in [0, 0.1) is 0 Å². The maximum atomic E-state index is 12.6. The van der Waals surface area contributed by atoms with E-state index in [-0.39, 0.29) is 31.1 Å². The third-order valence-corrected chi connectivity index (χ3v) is 10.5. The Morgan fingerprint density at radius 2 is 0.692 bits per heavy atom. The smallest absolute Gasteiger partial charge is 0.306 e. The van der Waals surface area contributed by atoms with Crippen molar-refractivity contribution in [1.82, 2.24) is 0 Å². The second-order valence-electron chi connectivity index (χ2n) is 15.7. The lowest BCUT2D eigenvalue weighted by molar-refractivity contribution is -0.167. The zero-order chi connectivity index (χ0) is 37.7. The standard InChI is InChI=1S/C45H84O7/c1-4-7-10-13-16-18-20-25-30-35-43(46)49-38-40(51-45(48)37-32-26-21-19-17-14-11-8-5-2)39-50-44(47)36-31-27-22-24-29-34-42-41(52-42)33-28-23-15-12-9-6-3/h40-42H,4-39H2,1-3H3. The van der Waals surface area contributed by atoms with E-state index in [4.69, 9.17) is 18.9 Å². The van der Waals surface area contributed by atoms with Gasteiger partial charge in [0.25, 0.3) is 0 Å². The van der Waals surface area contributed by atoms with E-state index in [1.165, 1.54) is 135 Å². The lowest BCUT2D eigenvalue weighted by atomic mass is 10.0. The van der Waals surface area contributed by atoms with Crippen LogP contribution in [0.15, 0.2) is 0 Å². The molecule has 7 nitrogen and oxygen atoms in total. The van der Waals surface area contributed by atoms with Crippen molar-refractivity contribution in [2.75, 3.05) is 13.2 Å². The Labute approximate surface area is 321 Å². The Morgan fingerprint density at radius 1 is 0.404 bits per heavy atom. The average Bonchev–Trinajstić information content (AvgIpc) is 3.90. The van der Waals surface area contributed by atoms with Gasteiger partial charge in [-0.05, 0) is 32.1 Å². The first-order chi connectivity index (χ1) is 25.5. The van der Waals surface area contributed by atoms with Crippen LogP contribution in [0.25, 0.3) is 0 Å². The molecule has 52 heavy (non-hydrogen) atoms. The fraction of sp³-hybridized carbons (Fsp3) is 0.933. The first-order valence-electron chi connectivity index (χ1n) is 22.7. The zero-order valence-electron chi connectivity index (χ0n) is 34.5. The number of ether oxygens (including phenoxy) is 4. The van der Waals surface area contributed by atoms with Crippen LogP contribution in [-0.4, -0.2) is 49.4 Å². The van der Waals surface area contributed by atoms with E-state index in [0.29, 0.717) is 31.5 Å². The Morgan fingerprint density at radius 3 is 1.04 bits per heavy atom. The largest absolute Gasteiger partial charge is 0.462 e. The molecule has 1 aliphatic heterocycles. The number of esters is 3. The van der Waals surface area contributed by atoms with Crippen molar-refractivity contribution in [3.05, 3.63) is 0 Å². The van der Waals surface area contributed by atoms with E-state index in [2.05, 4.69) is 20.8 Å². The Hall–Kier alpha value is -1.63. The summed E-state index contributed by atoms with van der Waals surface area (Å²) in [7, 11) is 0. The van der Waals surface area contributed by atoms with Gasteiger partial charge < -0.3 is 18.9 Å². The molecule has 0 saturated carbocycles. The second-order valence-corrected chi connectivity index (χ2v) is 15.7. The molecule has 3 unspecified atom stereocenters. The second kappa shape index (κ2) is 36.4. The number of carbonyl (C=O) groups is 3. The minimum atomic E-state index is -0.767. The van der Waals surface area contributed by atoms with E-state index in [0.717, 1.165) is 64.2 Å². The molecule has 1 aliphatic rings. The fourth-order valence-electron chi connectivity index (χ4n) is 7.00. The van der Waals surface area contributed by atoms with Crippen molar-refractivity contribution < 1.29 is 33.3 Å². The predicted molar refractivity (Wildman–Crippen MR) is 214 cm³/mol. The maximum Gasteiger partial charge on any atom is 0.306 e. The molecule has 0 radical (unpaired) electrons. The van der Waals surface area contributed by atoms with E-state index in [1.54, 1.807) is 0 Å². The number of unbranched alkanes of at least 4 members (excludes halogenated alkanes) is 25. The van der Waals surface area contributed by atoms with Gasteiger partial charge in [0, 0.05) is 19.3 Å². The molecule has 0 aromatic rings. The minimum Gasteiger partial charge on any atom is -0.462 e. The number of hydrogen-bond donors (Lipinski definition) is 0. The number of rotatable bonds is 40. The first kappa shape index (κ1) is 48.4. The normalized spacial score (nSPS) is 15.8. The van der Waals surface area contributed by atoms with Crippen molar-refractivity contribution in [2.45, 2.75) is 257 Å². The monoisotopic (exact) mass is 737 g/mol. The summed E-state index contributed by atoms with van der Waals surface area (Å²) in [6.45, 7) is 6.58. The quantitative estimate of drug-likeness (QED) is 0.0268. The van der Waals surface area contributed by atoms with Gasteiger partial charge in [0.1, 0.15) is 13.2 Å². The summed E-state index contributed by atoms with van der Waals surface area (Å²) in [6.07, 6.45) is 38.2. The van der Waals surface area contributed by atoms with Gasteiger partial charge in [0.2, 0.25) is 0 Å². The van der Waals surface area contributed by atoms with E-state index < -0.39 is 6.10 Å². The van der Waals surface area contributed by atoms with Crippen LogP contribution in [0.2, 0.25) is 0 Å². The van der Waals surface area contributed by atoms with E-state index in [9.17, 15) is 14.4 Å². The summed E-state index contributed by atoms with van der Waals surface area (Å²) in [4.78, 5) is 37.6. The molecular weight excluding hydrogens is 652 g/mol. The Bertz CT molecular complexity index is 830. The number of carbonyl (C=O) groups excluding carboxylic acids is 3. The summed E-state index contributed by atoms with van der Waals surface area (Å²) in [6, 6.07) is 0. The van der Waals surface area contributed by atoms with Crippen LogP contribution in [-0.2, 0) is 33.3 Å². The Kier molecular flexibility index (Phi) is 33.8. The highest BCUT2D eigenvalue weighted by molar-refractivity contribution is 5.71. The lowest BCUT2D eigenvalue weighted by Gasteiger charge is -2.18. The highest BCUT2D eigenvalue weighted by atomic mass is 16.6. The fourth-order valence-corrected chi connectivity index (χ4v) is 7.00. The topological polar surface area (TPSA) is 91.4 Å². The van der Waals surface area contributed by atoms with Crippen LogP contribution in [0.4, 0.5) is 0 Å². The van der Waals surface area contributed by atoms with Crippen molar-refractivity contribution >= 4 is 17.9 Å². The molecular formula is C45H84O7.